The Kier molecular flexibility index (Phi) is 3.54. The zero-order valence-electron chi connectivity index (χ0n) is 7.34. The fourth-order valence-corrected chi connectivity index (χ4v) is 2.26. The van der Waals surface area contributed by atoms with Crippen molar-refractivity contribution in [1.82, 2.24) is 5.09 Å². The molecule has 0 bridgehead atoms. The van der Waals surface area contributed by atoms with Gasteiger partial charge in [0.05, 0.1) is 20.2 Å². The third-order valence-corrected chi connectivity index (χ3v) is 2.67. The number of nitrogens with one attached hydrogen (secondary N) is 1. The summed E-state index contributed by atoms with van der Waals surface area (Å²) in [6.45, 7) is 0.858. The number of aliphatic hydroxyl groups is 1. The zero-order valence-corrected chi connectivity index (χ0v) is 8.24. The molecule has 1 fully saturated rings. The number of rotatable bonds is 3. The van der Waals surface area contributed by atoms with E-state index in [0.717, 1.165) is 6.66 Å². The highest BCUT2D eigenvalue weighted by Crippen LogP contribution is 2.29. The number of hydrogen-bond donors (Lipinski definition) is 2. The van der Waals surface area contributed by atoms with E-state index in [9.17, 15) is 9.46 Å². The van der Waals surface area contributed by atoms with Crippen LogP contribution in [0.15, 0.2) is 0 Å². The lowest BCUT2D eigenvalue weighted by Gasteiger charge is -2.26. The standard InChI is InChI=1S/C6H13BNO4P/c1-13(10,11)8-4-2-6(7)12-5(4)3-9/h4-6,9H,2-3H2,1H3,(H2,8,10,11)/p-1/t4-,5-,6-/m1/s1. The average molecular weight is 204 g/mol. The first kappa shape index (κ1) is 11.2. The van der Waals surface area contributed by atoms with Gasteiger partial charge in [0.25, 0.3) is 0 Å². The minimum atomic E-state index is -3.54. The van der Waals surface area contributed by atoms with Crippen LogP contribution < -0.4 is 9.98 Å². The number of ether oxygens (including phenoxy) is 1. The first-order valence-electron chi connectivity index (χ1n) is 4.00. The highest BCUT2D eigenvalue weighted by Gasteiger charge is 2.32. The maximum atomic E-state index is 10.9. The maximum absolute atomic E-state index is 10.9. The van der Waals surface area contributed by atoms with Gasteiger partial charge in [0.1, 0.15) is 7.85 Å². The van der Waals surface area contributed by atoms with Crippen LogP contribution in [0.1, 0.15) is 6.42 Å². The summed E-state index contributed by atoms with van der Waals surface area (Å²) >= 11 is 0. The molecule has 1 rings (SSSR count). The van der Waals surface area contributed by atoms with Crippen molar-refractivity contribution in [3.63, 3.8) is 0 Å². The van der Waals surface area contributed by atoms with Gasteiger partial charge in [-0.15, -0.1) is 0 Å². The second-order valence-corrected chi connectivity index (χ2v) is 5.16. The van der Waals surface area contributed by atoms with Gasteiger partial charge in [0.15, 0.2) is 0 Å². The predicted molar refractivity (Wildman–Crippen MR) is 46.6 cm³/mol. The zero-order chi connectivity index (χ0) is 10.1. The second-order valence-electron chi connectivity index (χ2n) is 3.21. The molecule has 2 radical (unpaired) electrons. The molecule has 0 amide bonds. The molecule has 1 unspecified atom stereocenters. The maximum Gasteiger partial charge on any atom is 0.109 e. The minimum absolute atomic E-state index is 0.231. The minimum Gasteiger partial charge on any atom is -0.788 e. The lowest BCUT2D eigenvalue weighted by atomic mass is 9.95. The van der Waals surface area contributed by atoms with Crippen molar-refractivity contribution >= 4 is 15.4 Å². The molecule has 1 saturated heterocycles. The molecule has 0 aromatic rings. The summed E-state index contributed by atoms with van der Waals surface area (Å²) in [5, 5.41) is 11.2. The molecule has 0 saturated carbocycles. The Morgan fingerprint density at radius 3 is 2.92 bits per heavy atom. The van der Waals surface area contributed by atoms with Gasteiger partial charge >= 0.3 is 0 Å². The van der Waals surface area contributed by atoms with Gasteiger partial charge in [-0.05, 0) is 13.1 Å². The van der Waals surface area contributed by atoms with Crippen LogP contribution in [0.4, 0.5) is 0 Å². The van der Waals surface area contributed by atoms with E-state index >= 15 is 0 Å². The van der Waals surface area contributed by atoms with Crippen molar-refractivity contribution in [3.8, 4) is 0 Å². The van der Waals surface area contributed by atoms with Crippen LogP contribution >= 0.6 is 7.52 Å². The van der Waals surface area contributed by atoms with Crippen molar-refractivity contribution < 1.29 is 19.3 Å². The average Bonchev–Trinajstić information content (AvgIpc) is 2.27. The van der Waals surface area contributed by atoms with Crippen molar-refractivity contribution in [3.05, 3.63) is 0 Å². The van der Waals surface area contributed by atoms with Crippen molar-refractivity contribution in [1.29, 1.82) is 0 Å². The summed E-state index contributed by atoms with van der Waals surface area (Å²) in [6, 6.07) is -0.908. The molecule has 0 aromatic heterocycles. The van der Waals surface area contributed by atoms with E-state index in [-0.39, 0.29) is 6.61 Å². The van der Waals surface area contributed by atoms with Crippen LogP contribution in [0.3, 0.4) is 0 Å². The van der Waals surface area contributed by atoms with Crippen molar-refractivity contribution in [2.75, 3.05) is 13.3 Å². The molecule has 2 N–H and O–H groups in total. The van der Waals surface area contributed by atoms with E-state index in [1.54, 1.807) is 0 Å². The summed E-state index contributed by atoms with van der Waals surface area (Å²) < 4.78 is 16.0. The van der Waals surface area contributed by atoms with Crippen LogP contribution in [0.2, 0.25) is 0 Å². The van der Waals surface area contributed by atoms with Crippen molar-refractivity contribution in [2.45, 2.75) is 24.6 Å². The second kappa shape index (κ2) is 4.11. The third kappa shape index (κ3) is 3.40. The van der Waals surface area contributed by atoms with Crippen LogP contribution in [-0.2, 0) is 9.30 Å². The van der Waals surface area contributed by atoms with Crippen LogP contribution in [0.25, 0.3) is 0 Å². The van der Waals surface area contributed by atoms with Crippen LogP contribution in [0.5, 0.6) is 0 Å². The number of hydrogen-bond acceptors (Lipinski definition) is 4. The normalized spacial score (nSPS) is 38.8. The Bertz CT molecular complexity index is 221. The van der Waals surface area contributed by atoms with Gasteiger partial charge in [0.2, 0.25) is 0 Å². The molecule has 0 spiro atoms. The highest BCUT2D eigenvalue weighted by molar-refractivity contribution is 7.53. The Morgan fingerprint density at radius 1 is 1.85 bits per heavy atom. The van der Waals surface area contributed by atoms with E-state index < -0.39 is 25.7 Å². The number of aliphatic hydroxyl groups excluding tert-OH is 1. The fraction of sp³-hybridized carbons (Fsp3) is 1.00. The largest absolute Gasteiger partial charge is 0.788 e. The monoisotopic (exact) mass is 204 g/mol. The third-order valence-electron chi connectivity index (χ3n) is 1.86. The molecule has 1 aliphatic heterocycles. The fourth-order valence-electron chi connectivity index (χ4n) is 1.38. The smallest absolute Gasteiger partial charge is 0.109 e. The Balaban J connectivity index is 2.54. The molecule has 1 heterocycles. The molecular weight excluding hydrogens is 192 g/mol. The van der Waals surface area contributed by atoms with Crippen LogP contribution in [-0.4, -0.2) is 44.4 Å². The summed E-state index contributed by atoms with van der Waals surface area (Å²) in [5.74, 6) is 0. The Labute approximate surface area is 78.4 Å². The Morgan fingerprint density at radius 2 is 2.46 bits per heavy atom. The molecule has 1 aliphatic rings. The van der Waals surface area contributed by atoms with Gasteiger partial charge in [0, 0.05) is 12.0 Å². The van der Waals surface area contributed by atoms with Gasteiger partial charge in [-0.2, -0.15) is 0 Å². The molecule has 13 heavy (non-hydrogen) atoms. The Hall–Kier alpha value is 0.135. The lowest BCUT2D eigenvalue weighted by Crippen LogP contribution is -2.38. The summed E-state index contributed by atoms with van der Waals surface area (Å²) in [5.41, 5.74) is 0. The van der Waals surface area contributed by atoms with E-state index in [2.05, 4.69) is 5.09 Å². The van der Waals surface area contributed by atoms with Gasteiger partial charge in [-0.3, -0.25) is 5.09 Å². The van der Waals surface area contributed by atoms with E-state index in [1.165, 1.54) is 0 Å². The molecule has 0 aromatic carbocycles. The van der Waals surface area contributed by atoms with Crippen molar-refractivity contribution in [2.24, 2.45) is 0 Å². The molecule has 5 nitrogen and oxygen atoms in total. The lowest BCUT2D eigenvalue weighted by molar-refractivity contribution is -0.177. The molecule has 74 valence electrons. The highest BCUT2D eigenvalue weighted by atomic mass is 31.2. The van der Waals surface area contributed by atoms with Gasteiger partial charge in [-0.25, -0.2) is 0 Å². The van der Waals surface area contributed by atoms with Gasteiger partial charge in [-0.1, -0.05) is 0 Å². The molecular formula is C6H12BNO4P-. The molecule has 0 aliphatic carbocycles. The predicted octanol–water partition coefficient (Wildman–Crippen LogP) is -1.60. The topological polar surface area (TPSA) is 81.6 Å². The SMILES string of the molecule is [B][C@H]1C[C@@H](NP(C)(=O)[O-])[C@@H](CO)O1. The summed E-state index contributed by atoms with van der Waals surface area (Å²) in [6.07, 6.45) is -0.136. The van der Waals surface area contributed by atoms with Gasteiger partial charge < -0.3 is 19.3 Å². The first-order valence-corrected chi connectivity index (χ1v) is 6.08. The summed E-state index contributed by atoms with van der Waals surface area (Å²) in [4.78, 5) is 10.9. The quantitative estimate of drug-likeness (QED) is 0.427. The molecule has 7 heteroatoms. The van der Waals surface area contributed by atoms with Crippen LogP contribution in [0, 0.1) is 0 Å². The summed E-state index contributed by atoms with van der Waals surface area (Å²) in [7, 11) is 1.91. The van der Waals surface area contributed by atoms with E-state index in [4.69, 9.17) is 17.7 Å². The van der Waals surface area contributed by atoms with E-state index in [0.29, 0.717) is 6.42 Å². The first-order chi connectivity index (χ1) is 5.92. The van der Waals surface area contributed by atoms with E-state index in [1.807, 2.05) is 0 Å². The molecule has 4 atom stereocenters.